The van der Waals surface area contributed by atoms with E-state index in [1.807, 2.05) is 0 Å². The predicted molar refractivity (Wildman–Crippen MR) is 109 cm³/mol. The molecule has 158 valence electrons. The van der Waals surface area contributed by atoms with Crippen LogP contribution in [-0.4, -0.2) is 60.9 Å². The number of hydrogen-bond donors (Lipinski definition) is 1. The third-order valence-corrected chi connectivity index (χ3v) is 6.10. The lowest BCUT2D eigenvalue weighted by molar-refractivity contribution is -0.145. The molecule has 2 aliphatic rings. The molecule has 0 bridgehead atoms. The highest BCUT2D eigenvalue weighted by molar-refractivity contribution is 5.95. The molecule has 0 aromatic heterocycles. The lowest BCUT2D eigenvalue weighted by Crippen LogP contribution is -2.56. The number of carbonyl (C=O) groups excluding carboxylic acids is 2. The van der Waals surface area contributed by atoms with E-state index in [1.54, 1.807) is 34.1 Å². The fourth-order valence-corrected chi connectivity index (χ4v) is 4.51. The Morgan fingerprint density at radius 1 is 0.900 bits per heavy atom. The van der Waals surface area contributed by atoms with Gasteiger partial charge >= 0.3 is 0 Å². The molecule has 2 fully saturated rings. The number of halogens is 2. The van der Waals surface area contributed by atoms with Crippen molar-refractivity contribution in [2.75, 3.05) is 39.3 Å². The number of likely N-dealkylation sites (tertiary alicyclic amines) is 1. The van der Waals surface area contributed by atoms with Gasteiger partial charge in [0, 0.05) is 32.7 Å². The van der Waals surface area contributed by atoms with E-state index < -0.39 is 5.41 Å². The molecule has 1 N–H and O–H groups in total. The first-order chi connectivity index (χ1) is 14.5. The molecule has 2 heterocycles. The molecule has 5 nitrogen and oxygen atoms in total. The zero-order chi connectivity index (χ0) is 21.1. The smallest absolute Gasteiger partial charge is 0.242 e. The molecular formula is C23H25F2N3O2. The maximum absolute atomic E-state index is 13.8. The molecule has 0 spiro atoms. The van der Waals surface area contributed by atoms with E-state index in [9.17, 15) is 18.4 Å². The van der Waals surface area contributed by atoms with Gasteiger partial charge in [0.1, 0.15) is 11.6 Å². The van der Waals surface area contributed by atoms with Crippen molar-refractivity contribution in [1.29, 1.82) is 0 Å². The first-order valence-corrected chi connectivity index (χ1v) is 10.3. The second-order valence-electron chi connectivity index (χ2n) is 7.88. The first kappa shape index (κ1) is 20.5. The average Bonchev–Trinajstić information content (AvgIpc) is 2.77. The zero-order valence-electron chi connectivity index (χ0n) is 16.7. The molecule has 2 aromatic rings. The van der Waals surface area contributed by atoms with Crippen molar-refractivity contribution < 1.29 is 18.4 Å². The van der Waals surface area contributed by atoms with Crippen LogP contribution in [0.15, 0.2) is 48.5 Å². The summed E-state index contributed by atoms with van der Waals surface area (Å²) in [7, 11) is 0. The summed E-state index contributed by atoms with van der Waals surface area (Å²) in [6.07, 6.45) is 1.21. The number of nitrogens with zero attached hydrogens (tertiary/aromatic N) is 2. The molecule has 2 amide bonds. The Labute approximate surface area is 174 Å². The van der Waals surface area contributed by atoms with Crippen LogP contribution >= 0.6 is 0 Å². The maximum Gasteiger partial charge on any atom is 0.242 e. The number of benzene rings is 2. The van der Waals surface area contributed by atoms with E-state index >= 15 is 0 Å². The quantitative estimate of drug-likeness (QED) is 0.837. The van der Waals surface area contributed by atoms with Crippen LogP contribution in [-0.2, 0) is 15.0 Å². The van der Waals surface area contributed by atoms with Crippen LogP contribution in [0, 0.1) is 11.6 Å². The Balaban J connectivity index is 1.68. The van der Waals surface area contributed by atoms with Gasteiger partial charge in [-0.1, -0.05) is 24.3 Å². The van der Waals surface area contributed by atoms with Crippen LogP contribution in [0.4, 0.5) is 8.78 Å². The average molecular weight is 413 g/mol. The van der Waals surface area contributed by atoms with E-state index in [2.05, 4.69) is 5.32 Å². The lowest BCUT2D eigenvalue weighted by atomic mass is 9.68. The molecule has 2 aliphatic heterocycles. The molecule has 0 radical (unpaired) electrons. The van der Waals surface area contributed by atoms with Crippen molar-refractivity contribution in [3.8, 4) is 0 Å². The topological polar surface area (TPSA) is 52.7 Å². The van der Waals surface area contributed by atoms with E-state index in [0.717, 1.165) is 13.1 Å². The summed E-state index contributed by atoms with van der Waals surface area (Å²) >= 11 is 0. The van der Waals surface area contributed by atoms with Gasteiger partial charge in [0.25, 0.3) is 0 Å². The standard InChI is InChI=1S/C23H25F2N3O2/c24-19-6-2-17(3-7-19)23(18-4-8-20(25)9-5-18)10-1-13-28(22(23)30)16-21(29)27-14-11-26-12-15-27/h2-9,26H,1,10-16H2. The third kappa shape index (κ3) is 3.81. The van der Waals surface area contributed by atoms with Crippen molar-refractivity contribution in [1.82, 2.24) is 15.1 Å². The minimum atomic E-state index is -1.07. The van der Waals surface area contributed by atoms with Crippen LogP contribution in [0.3, 0.4) is 0 Å². The third-order valence-electron chi connectivity index (χ3n) is 6.10. The van der Waals surface area contributed by atoms with Gasteiger partial charge in [-0.3, -0.25) is 9.59 Å². The van der Waals surface area contributed by atoms with Crippen molar-refractivity contribution in [3.05, 3.63) is 71.3 Å². The largest absolute Gasteiger partial charge is 0.339 e. The van der Waals surface area contributed by atoms with Gasteiger partial charge < -0.3 is 15.1 Å². The number of amides is 2. The van der Waals surface area contributed by atoms with Crippen molar-refractivity contribution in [2.45, 2.75) is 18.3 Å². The second-order valence-corrected chi connectivity index (χ2v) is 7.88. The molecule has 2 saturated heterocycles. The highest BCUT2D eigenvalue weighted by atomic mass is 19.1. The number of rotatable bonds is 4. The summed E-state index contributed by atoms with van der Waals surface area (Å²) in [5, 5.41) is 3.21. The minimum absolute atomic E-state index is 0.0168. The number of piperazine rings is 1. The van der Waals surface area contributed by atoms with Crippen LogP contribution in [0.1, 0.15) is 24.0 Å². The normalized spacial score (nSPS) is 19.1. The highest BCUT2D eigenvalue weighted by Crippen LogP contribution is 2.41. The van der Waals surface area contributed by atoms with Gasteiger partial charge in [0.05, 0.1) is 12.0 Å². The van der Waals surface area contributed by atoms with Crippen LogP contribution in [0.5, 0.6) is 0 Å². The number of hydrogen-bond acceptors (Lipinski definition) is 3. The number of nitrogens with one attached hydrogen (secondary N) is 1. The van der Waals surface area contributed by atoms with E-state index in [-0.39, 0.29) is 30.0 Å². The van der Waals surface area contributed by atoms with Gasteiger partial charge in [0.15, 0.2) is 0 Å². The summed E-state index contributed by atoms with van der Waals surface area (Å²) < 4.78 is 27.2. The van der Waals surface area contributed by atoms with Gasteiger partial charge in [-0.05, 0) is 48.2 Å². The summed E-state index contributed by atoms with van der Waals surface area (Å²) in [6, 6.07) is 11.8. The molecule has 0 saturated carbocycles. The van der Waals surface area contributed by atoms with E-state index in [4.69, 9.17) is 0 Å². The Hall–Kier alpha value is -2.80. The molecule has 7 heteroatoms. The summed E-state index contributed by atoms with van der Waals surface area (Å²) in [5.41, 5.74) is 0.239. The molecule has 2 aromatic carbocycles. The number of carbonyl (C=O) groups is 2. The second kappa shape index (κ2) is 8.52. The molecule has 30 heavy (non-hydrogen) atoms. The molecule has 0 atom stereocenters. The van der Waals surface area contributed by atoms with Crippen LogP contribution < -0.4 is 5.32 Å². The number of piperidine rings is 1. The summed E-state index contributed by atoms with van der Waals surface area (Å²) in [5.74, 6) is -1.04. The lowest BCUT2D eigenvalue weighted by Gasteiger charge is -2.43. The fraction of sp³-hybridized carbons (Fsp3) is 0.391. The zero-order valence-corrected chi connectivity index (χ0v) is 16.7. The van der Waals surface area contributed by atoms with Gasteiger partial charge in [-0.25, -0.2) is 8.78 Å². The van der Waals surface area contributed by atoms with Crippen molar-refractivity contribution in [2.24, 2.45) is 0 Å². The van der Waals surface area contributed by atoms with Crippen molar-refractivity contribution >= 4 is 11.8 Å². The van der Waals surface area contributed by atoms with Gasteiger partial charge in [0.2, 0.25) is 11.8 Å². The molecule has 4 rings (SSSR count). The maximum atomic E-state index is 13.8. The van der Waals surface area contributed by atoms with Gasteiger partial charge in [-0.2, -0.15) is 0 Å². The van der Waals surface area contributed by atoms with Crippen molar-refractivity contribution in [3.63, 3.8) is 0 Å². The van der Waals surface area contributed by atoms with E-state index in [0.29, 0.717) is 43.6 Å². The van der Waals surface area contributed by atoms with Gasteiger partial charge in [-0.15, -0.1) is 0 Å². The summed E-state index contributed by atoms with van der Waals surface area (Å²) in [6.45, 7) is 3.25. The van der Waals surface area contributed by atoms with E-state index in [1.165, 1.54) is 24.3 Å². The molecule has 0 aliphatic carbocycles. The SMILES string of the molecule is O=C(CN1CCCC(c2ccc(F)cc2)(c2ccc(F)cc2)C1=O)N1CCNCC1. The summed E-state index contributed by atoms with van der Waals surface area (Å²) in [4.78, 5) is 30.0. The Morgan fingerprint density at radius 3 is 1.97 bits per heavy atom. The van der Waals surface area contributed by atoms with Crippen LogP contribution in [0.25, 0.3) is 0 Å². The monoisotopic (exact) mass is 413 g/mol. The predicted octanol–water partition coefficient (Wildman–Crippen LogP) is 2.31. The molecule has 0 unspecified atom stereocenters. The Morgan fingerprint density at radius 2 is 1.43 bits per heavy atom. The fourth-order valence-electron chi connectivity index (χ4n) is 4.51. The Bertz CT molecular complexity index is 864. The first-order valence-electron chi connectivity index (χ1n) is 10.3. The minimum Gasteiger partial charge on any atom is -0.339 e. The Kier molecular flexibility index (Phi) is 5.81. The molecular weight excluding hydrogens is 388 g/mol. The highest BCUT2D eigenvalue weighted by Gasteiger charge is 2.47. The van der Waals surface area contributed by atoms with Crippen LogP contribution in [0.2, 0.25) is 0 Å².